The third-order valence-corrected chi connectivity index (χ3v) is 3.13. The Labute approximate surface area is 105 Å². The Morgan fingerprint density at radius 2 is 1.61 bits per heavy atom. The van der Waals surface area contributed by atoms with Gasteiger partial charge in [0.15, 0.2) is 0 Å². The first-order chi connectivity index (χ1) is 8.65. The number of aryl methyl sites for hydroxylation is 2. The highest BCUT2D eigenvalue weighted by molar-refractivity contribution is 5.78. The third-order valence-electron chi connectivity index (χ3n) is 3.13. The second-order valence-corrected chi connectivity index (χ2v) is 4.62. The molecule has 0 radical (unpaired) electrons. The molecule has 0 atom stereocenters. The summed E-state index contributed by atoms with van der Waals surface area (Å²) < 4.78 is 1.71. The predicted molar refractivity (Wildman–Crippen MR) is 73.4 cm³/mol. The van der Waals surface area contributed by atoms with Gasteiger partial charge in [0, 0.05) is 0 Å². The molecule has 0 bridgehead atoms. The molecule has 2 aromatic carbocycles. The van der Waals surface area contributed by atoms with Gasteiger partial charge >= 0.3 is 5.69 Å². The normalized spacial score (nSPS) is 11.0. The van der Waals surface area contributed by atoms with Crippen molar-refractivity contribution in [3.8, 4) is 5.69 Å². The molecule has 0 fully saturated rings. The Hall–Kier alpha value is -2.29. The number of nitrogens with one attached hydrogen (secondary N) is 1. The summed E-state index contributed by atoms with van der Waals surface area (Å²) in [5, 5.41) is 0. The molecule has 3 aromatic rings. The summed E-state index contributed by atoms with van der Waals surface area (Å²) in [6, 6.07) is 13.9. The highest BCUT2D eigenvalue weighted by atomic mass is 16.1. The minimum Gasteiger partial charge on any atom is -0.305 e. The van der Waals surface area contributed by atoms with E-state index >= 15 is 0 Å². The fourth-order valence-electron chi connectivity index (χ4n) is 2.16. The molecule has 0 unspecified atom stereocenters. The van der Waals surface area contributed by atoms with Crippen molar-refractivity contribution in [3.63, 3.8) is 0 Å². The number of rotatable bonds is 1. The lowest BCUT2D eigenvalue weighted by molar-refractivity contribution is 1.01. The number of aromatic nitrogens is 2. The van der Waals surface area contributed by atoms with Crippen molar-refractivity contribution in [2.24, 2.45) is 0 Å². The first kappa shape index (κ1) is 10.8. The second-order valence-electron chi connectivity index (χ2n) is 4.62. The van der Waals surface area contributed by atoms with Crippen LogP contribution in [0.3, 0.4) is 0 Å². The van der Waals surface area contributed by atoms with Crippen LogP contribution in [-0.2, 0) is 0 Å². The molecule has 18 heavy (non-hydrogen) atoms. The highest BCUT2D eigenvalue weighted by Crippen LogP contribution is 2.17. The van der Waals surface area contributed by atoms with Gasteiger partial charge < -0.3 is 4.98 Å². The van der Waals surface area contributed by atoms with Gasteiger partial charge in [-0.1, -0.05) is 23.8 Å². The lowest BCUT2D eigenvalue weighted by Crippen LogP contribution is -2.14. The third kappa shape index (κ3) is 1.64. The number of imidazole rings is 1. The molecule has 3 rings (SSSR count). The molecule has 0 aliphatic carbocycles. The van der Waals surface area contributed by atoms with Crippen LogP contribution in [-0.4, -0.2) is 9.55 Å². The zero-order valence-electron chi connectivity index (χ0n) is 10.4. The van der Waals surface area contributed by atoms with Gasteiger partial charge in [-0.15, -0.1) is 0 Å². The summed E-state index contributed by atoms with van der Waals surface area (Å²) in [7, 11) is 0. The molecule has 0 aliphatic rings. The van der Waals surface area contributed by atoms with E-state index in [1.54, 1.807) is 4.57 Å². The molecule has 1 aromatic heterocycles. The Morgan fingerprint density at radius 3 is 2.33 bits per heavy atom. The van der Waals surface area contributed by atoms with E-state index in [4.69, 9.17) is 0 Å². The number of H-pyrrole nitrogens is 1. The van der Waals surface area contributed by atoms with Crippen LogP contribution < -0.4 is 5.69 Å². The van der Waals surface area contributed by atoms with E-state index in [-0.39, 0.29) is 5.69 Å². The van der Waals surface area contributed by atoms with Crippen molar-refractivity contribution >= 4 is 11.0 Å². The lowest BCUT2D eigenvalue weighted by atomic mass is 10.2. The molecule has 0 aliphatic heterocycles. The first-order valence-corrected chi connectivity index (χ1v) is 5.93. The Balaban J connectivity index is 2.34. The topological polar surface area (TPSA) is 37.8 Å². The molecule has 0 amide bonds. The number of benzene rings is 2. The molecular formula is C15H14N2O. The predicted octanol–water partition coefficient (Wildman–Crippen LogP) is 2.94. The van der Waals surface area contributed by atoms with Crippen LogP contribution in [0.15, 0.2) is 47.3 Å². The van der Waals surface area contributed by atoms with E-state index in [0.29, 0.717) is 0 Å². The summed E-state index contributed by atoms with van der Waals surface area (Å²) in [5.41, 5.74) is 4.90. The van der Waals surface area contributed by atoms with Gasteiger partial charge in [0.25, 0.3) is 0 Å². The Bertz CT molecular complexity index is 763. The zero-order chi connectivity index (χ0) is 12.7. The second kappa shape index (κ2) is 3.88. The fourth-order valence-corrected chi connectivity index (χ4v) is 2.16. The van der Waals surface area contributed by atoms with Crippen LogP contribution in [0.1, 0.15) is 11.1 Å². The summed E-state index contributed by atoms with van der Waals surface area (Å²) in [5.74, 6) is 0. The molecule has 1 heterocycles. The van der Waals surface area contributed by atoms with Crippen LogP contribution in [0.4, 0.5) is 0 Å². The molecule has 90 valence electrons. The van der Waals surface area contributed by atoms with E-state index in [2.05, 4.69) is 4.98 Å². The fraction of sp³-hybridized carbons (Fsp3) is 0.133. The summed E-state index contributed by atoms with van der Waals surface area (Å²) in [6.45, 7) is 4.06. The van der Waals surface area contributed by atoms with Gasteiger partial charge in [-0.2, -0.15) is 0 Å². The summed E-state index contributed by atoms with van der Waals surface area (Å²) in [6.07, 6.45) is 0. The SMILES string of the molecule is Cc1ccc(-n2c(=O)[nH]c3ccc(C)cc32)cc1. The van der Waals surface area contributed by atoms with Gasteiger partial charge in [0.05, 0.1) is 16.7 Å². The monoisotopic (exact) mass is 238 g/mol. The smallest absolute Gasteiger partial charge is 0.305 e. The molecule has 1 N–H and O–H groups in total. The van der Waals surface area contributed by atoms with Gasteiger partial charge in [-0.05, 0) is 43.7 Å². The van der Waals surface area contributed by atoms with Crippen LogP contribution in [0.5, 0.6) is 0 Å². The van der Waals surface area contributed by atoms with Crippen LogP contribution in [0.2, 0.25) is 0 Å². The highest BCUT2D eigenvalue weighted by Gasteiger charge is 2.08. The molecular weight excluding hydrogens is 224 g/mol. The average molecular weight is 238 g/mol. The number of fused-ring (bicyclic) bond motifs is 1. The largest absolute Gasteiger partial charge is 0.331 e. The number of hydrogen-bond donors (Lipinski definition) is 1. The standard InChI is InChI=1S/C15H14N2O/c1-10-3-6-12(7-4-10)17-14-9-11(2)5-8-13(14)16-15(17)18/h3-9H,1-2H3,(H,16,18). The maximum absolute atomic E-state index is 12.0. The van der Waals surface area contributed by atoms with E-state index in [9.17, 15) is 4.79 Å². The summed E-state index contributed by atoms with van der Waals surface area (Å²) in [4.78, 5) is 14.9. The quantitative estimate of drug-likeness (QED) is 0.695. The van der Waals surface area contributed by atoms with E-state index in [1.165, 1.54) is 5.56 Å². The number of hydrogen-bond acceptors (Lipinski definition) is 1. The van der Waals surface area contributed by atoms with Crippen LogP contribution >= 0.6 is 0 Å². The molecule has 0 saturated heterocycles. The van der Waals surface area contributed by atoms with Gasteiger partial charge in [0.2, 0.25) is 0 Å². The van der Waals surface area contributed by atoms with E-state index in [1.807, 2.05) is 56.3 Å². The van der Waals surface area contributed by atoms with Crippen molar-refractivity contribution < 1.29 is 0 Å². The number of aromatic amines is 1. The van der Waals surface area contributed by atoms with E-state index in [0.717, 1.165) is 22.3 Å². The van der Waals surface area contributed by atoms with Gasteiger partial charge in [-0.25, -0.2) is 4.79 Å². The number of nitrogens with zero attached hydrogens (tertiary/aromatic N) is 1. The maximum atomic E-state index is 12.0. The van der Waals surface area contributed by atoms with Gasteiger partial charge in [0.1, 0.15) is 0 Å². The molecule has 3 heteroatoms. The lowest BCUT2D eigenvalue weighted by Gasteiger charge is -2.04. The molecule has 3 nitrogen and oxygen atoms in total. The molecule has 0 saturated carbocycles. The first-order valence-electron chi connectivity index (χ1n) is 5.93. The van der Waals surface area contributed by atoms with Gasteiger partial charge in [-0.3, -0.25) is 4.57 Å². The average Bonchev–Trinajstić information content (AvgIpc) is 2.66. The Morgan fingerprint density at radius 1 is 0.944 bits per heavy atom. The van der Waals surface area contributed by atoms with Crippen molar-refractivity contribution in [2.75, 3.05) is 0 Å². The van der Waals surface area contributed by atoms with Crippen LogP contribution in [0, 0.1) is 13.8 Å². The van der Waals surface area contributed by atoms with Crippen molar-refractivity contribution in [3.05, 3.63) is 64.1 Å². The van der Waals surface area contributed by atoms with Crippen molar-refractivity contribution in [1.29, 1.82) is 0 Å². The summed E-state index contributed by atoms with van der Waals surface area (Å²) >= 11 is 0. The Kier molecular flexibility index (Phi) is 2.33. The minimum atomic E-state index is -0.0977. The maximum Gasteiger partial charge on any atom is 0.331 e. The molecule has 0 spiro atoms. The van der Waals surface area contributed by atoms with Crippen molar-refractivity contribution in [1.82, 2.24) is 9.55 Å². The van der Waals surface area contributed by atoms with E-state index < -0.39 is 0 Å². The zero-order valence-corrected chi connectivity index (χ0v) is 10.4. The van der Waals surface area contributed by atoms with Crippen LogP contribution in [0.25, 0.3) is 16.7 Å². The minimum absolute atomic E-state index is 0.0977. The van der Waals surface area contributed by atoms with Crippen molar-refractivity contribution in [2.45, 2.75) is 13.8 Å².